The molecule has 0 radical (unpaired) electrons. The summed E-state index contributed by atoms with van der Waals surface area (Å²) in [6.45, 7) is 1.69. The number of phenols is 2. The lowest BCUT2D eigenvalue weighted by Gasteiger charge is -2.05. The molecule has 0 saturated heterocycles. The Hall–Kier alpha value is -1.80. The summed E-state index contributed by atoms with van der Waals surface area (Å²) in [5, 5.41) is 18.1. The van der Waals surface area contributed by atoms with E-state index in [0.717, 1.165) is 0 Å². The van der Waals surface area contributed by atoms with Crippen LogP contribution in [0.5, 0.6) is 11.5 Å². The summed E-state index contributed by atoms with van der Waals surface area (Å²) in [6.07, 6.45) is 1.43. The lowest BCUT2D eigenvalue weighted by molar-refractivity contribution is 0.403. The summed E-state index contributed by atoms with van der Waals surface area (Å²) in [5.74, 6) is -0.406. The van der Waals surface area contributed by atoms with Gasteiger partial charge in [0.05, 0.1) is 6.04 Å². The maximum absolute atomic E-state index is 9.94. The number of isocyanates is 1. The fraction of sp³-hybridized carbons (Fsp3) is 0.222. The lowest BCUT2D eigenvalue weighted by atomic mass is 10.1. The molecule has 68 valence electrons. The first-order chi connectivity index (χ1) is 6.15. The van der Waals surface area contributed by atoms with Crippen molar-refractivity contribution >= 4 is 6.08 Å². The molecule has 1 aromatic carbocycles. The van der Waals surface area contributed by atoms with Crippen LogP contribution in [0, 0.1) is 0 Å². The fourth-order valence-corrected chi connectivity index (χ4v) is 0.954. The third kappa shape index (κ3) is 2.07. The predicted molar refractivity (Wildman–Crippen MR) is 46.3 cm³/mol. The first-order valence-corrected chi connectivity index (χ1v) is 3.74. The fourth-order valence-electron chi connectivity index (χ4n) is 0.954. The van der Waals surface area contributed by atoms with Crippen LogP contribution in [-0.4, -0.2) is 16.3 Å². The molecule has 0 aliphatic heterocycles. The summed E-state index contributed by atoms with van der Waals surface area (Å²) in [6, 6.07) is 3.94. The molecule has 1 aromatic rings. The van der Waals surface area contributed by atoms with E-state index in [9.17, 15) is 4.79 Å². The maximum Gasteiger partial charge on any atom is 0.235 e. The molecule has 1 atom stereocenters. The molecule has 13 heavy (non-hydrogen) atoms. The minimum absolute atomic E-state index is 0.189. The van der Waals surface area contributed by atoms with Crippen molar-refractivity contribution in [1.82, 2.24) is 0 Å². The zero-order valence-electron chi connectivity index (χ0n) is 7.06. The van der Waals surface area contributed by atoms with Gasteiger partial charge in [-0.15, -0.1) is 0 Å². The highest BCUT2D eigenvalue weighted by Gasteiger charge is 2.06. The topological polar surface area (TPSA) is 69.9 Å². The van der Waals surface area contributed by atoms with Gasteiger partial charge in [-0.1, -0.05) is 6.07 Å². The zero-order valence-corrected chi connectivity index (χ0v) is 7.06. The highest BCUT2D eigenvalue weighted by molar-refractivity contribution is 5.42. The number of carbonyl (C=O) groups excluding carboxylic acids is 1. The highest BCUT2D eigenvalue weighted by Crippen LogP contribution is 2.28. The first-order valence-electron chi connectivity index (χ1n) is 3.74. The van der Waals surface area contributed by atoms with Crippen LogP contribution in [0.2, 0.25) is 0 Å². The number of hydrogen-bond donors (Lipinski definition) is 2. The quantitative estimate of drug-likeness (QED) is 0.410. The highest BCUT2D eigenvalue weighted by atomic mass is 16.3. The number of phenolic OH excluding ortho intramolecular Hbond substituents is 2. The number of hydrogen-bond acceptors (Lipinski definition) is 4. The van der Waals surface area contributed by atoms with E-state index in [-0.39, 0.29) is 17.5 Å². The summed E-state index contributed by atoms with van der Waals surface area (Å²) in [4.78, 5) is 13.4. The summed E-state index contributed by atoms with van der Waals surface area (Å²) >= 11 is 0. The molecule has 1 rings (SSSR count). The number of benzene rings is 1. The monoisotopic (exact) mass is 179 g/mol. The van der Waals surface area contributed by atoms with E-state index < -0.39 is 0 Å². The largest absolute Gasteiger partial charge is 0.504 e. The number of aliphatic imine (C=N–C) groups is 1. The van der Waals surface area contributed by atoms with Crippen molar-refractivity contribution in [2.24, 2.45) is 4.99 Å². The summed E-state index contributed by atoms with van der Waals surface area (Å²) in [7, 11) is 0. The van der Waals surface area contributed by atoms with E-state index in [1.807, 2.05) is 0 Å². The van der Waals surface area contributed by atoms with Crippen LogP contribution in [0.3, 0.4) is 0 Å². The molecule has 2 N–H and O–H groups in total. The minimum atomic E-state index is -0.357. The van der Waals surface area contributed by atoms with Gasteiger partial charge in [0.15, 0.2) is 11.5 Å². The molecular weight excluding hydrogens is 170 g/mol. The average Bonchev–Trinajstić information content (AvgIpc) is 2.10. The maximum atomic E-state index is 9.94. The van der Waals surface area contributed by atoms with Gasteiger partial charge in [0, 0.05) is 0 Å². The lowest BCUT2D eigenvalue weighted by Crippen LogP contribution is -1.88. The summed E-state index contributed by atoms with van der Waals surface area (Å²) in [5.41, 5.74) is 0.652. The Morgan fingerprint density at radius 3 is 2.62 bits per heavy atom. The average molecular weight is 179 g/mol. The van der Waals surface area contributed by atoms with Gasteiger partial charge in [-0.25, -0.2) is 4.79 Å². The third-order valence-corrected chi connectivity index (χ3v) is 1.73. The van der Waals surface area contributed by atoms with E-state index in [4.69, 9.17) is 10.2 Å². The summed E-state index contributed by atoms with van der Waals surface area (Å²) < 4.78 is 0. The molecular formula is C9H9NO3. The minimum Gasteiger partial charge on any atom is -0.504 e. The van der Waals surface area contributed by atoms with Crippen LogP contribution in [0.15, 0.2) is 23.2 Å². The van der Waals surface area contributed by atoms with E-state index in [2.05, 4.69) is 4.99 Å². The van der Waals surface area contributed by atoms with Crippen LogP contribution in [0.1, 0.15) is 18.5 Å². The second kappa shape index (κ2) is 3.74. The molecule has 0 bridgehead atoms. The molecule has 0 aromatic heterocycles. The van der Waals surface area contributed by atoms with Crippen molar-refractivity contribution in [3.8, 4) is 11.5 Å². The molecule has 1 unspecified atom stereocenters. The van der Waals surface area contributed by atoms with Gasteiger partial charge in [-0.05, 0) is 24.6 Å². The molecule has 4 heteroatoms. The Morgan fingerprint density at radius 2 is 2.08 bits per heavy atom. The van der Waals surface area contributed by atoms with Gasteiger partial charge >= 0.3 is 0 Å². The van der Waals surface area contributed by atoms with Gasteiger partial charge < -0.3 is 10.2 Å². The van der Waals surface area contributed by atoms with Crippen molar-refractivity contribution in [2.45, 2.75) is 13.0 Å². The zero-order chi connectivity index (χ0) is 9.84. The molecule has 0 amide bonds. The third-order valence-electron chi connectivity index (χ3n) is 1.73. The van der Waals surface area contributed by atoms with Crippen molar-refractivity contribution < 1.29 is 15.0 Å². The molecule has 0 heterocycles. The van der Waals surface area contributed by atoms with E-state index in [1.54, 1.807) is 13.0 Å². The molecule has 0 saturated carbocycles. The van der Waals surface area contributed by atoms with Crippen LogP contribution in [0.4, 0.5) is 0 Å². The van der Waals surface area contributed by atoms with Crippen LogP contribution in [0.25, 0.3) is 0 Å². The van der Waals surface area contributed by atoms with Crippen molar-refractivity contribution in [3.63, 3.8) is 0 Å². The van der Waals surface area contributed by atoms with Crippen LogP contribution >= 0.6 is 0 Å². The first kappa shape index (κ1) is 9.29. The Bertz CT molecular complexity index is 356. The van der Waals surface area contributed by atoms with Crippen LogP contribution in [-0.2, 0) is 4.79 Å². The second-order valence-corrected chi connectivity index (χ2v) is 2.64. The van der Waals surface area contributed by atoms with E-state index >= 15 is 0 Å². The standard InChI is InChI=1S/C9H9NO3/c1-6(10-5-11)7-2-3-8(12)9(13)4-7/h2-4,6,12-13H,1H3. The Balaban J connectivity index is 3.03. The number of rotatable bonds is 2. The Morgan fingerprint density at radius 1 is 1.38 bits per heavy atom. The molecule has 4 nitrogen and oxygen atoms in total. The smallest absolute Gasteiger partial charge is 0.235 e. The van der Waals surface area contributed by atoms with E-state index in [1.165, 1.54) is 18.2 Å². The SMILES string of the molecule is CC(N=C=O)c1ccc(O)c(O)c1. The van der Waals surface area contributed by atoms with Gasteiger partial charge in [-0.2, -0.15) is 4.99 Å². The van der Waals surface area contributed by atoms with Crippen molar-refractivity contribution in [3.05, 3.63) is 23.8 Å². The molecule has 0 aliphatic rings. The molecule has 0 aliphatic carbocycles. The van der Waals surface area contributed by atoms with Crippen LogP contribution < -0.4 is 0 Å². The predicted octanol–water partition coefficient (Wildman–Crippen LogP) is 1.49. The second-order valence-electron chi connectivity index (χ2n) is 2.64. The molecule has 0 spiro atoms. The van der Waals surface area contributed by atoms with Gasteiger partial charge in [0.2, 0.25) is 6.08 Å². The van der Waals surface area contributed by atoms with Gasteiger partial charge in [0.1, 0.15) is 0 Å². The Labute approximate surface area is 75.2 Å². The Kier molecular flexibility index (Phi) is 2.67. The van der Waals surface area contributed by atoms with Crippen molar-refractivity contribution in [1.29, 1.82) is 0 Å². The van der Waals surface area contributed by atoms with Gasteiger partial charge in [0.25, 0.3) is 0 Å². The van der Waals surface area contributed by atoms with E-state index in [0.29, 0.717) is 5.56 Å². The molecule has 0 fully saturated rings. The normalized spacial score (nSPS) is 11.8. The number of aromatic hydroxyl groups is 2. The number of nitrogens with zero attached hydrogens (tertiary/aromatic N) is 1. The van der Waals surface area contributed by atoms with Crippen molar-refractivity contribution in [2.75, 3.05) is 0 Å². The van der Waals surface area contributed by atoms with Gasteiger partial charge in [-0.3, -0.25) is 0 Å².